The summed E-state index contributed by atoms with van der Waals surface area (Å²) in [5, 5.41) is 23.8. The summed E-state index contributed by atoms with van der Waals surface area (Å²) in [4.78, 5) is 59.7. The Morgan fingerprint density at radius 2 is 1.51 bits per heavy atom. The number of aliphatic carboxylic acids is 2. The Morgan fingerprint density at radius 3 is 1.95 bits per heavy atom. The number of alkyl halides is 6. The van der Waals surface area contributed by atoms with E-state index in [2.05, 4.69) is 20.5 Å². The number of nitrogens with one attached hydrogen (secondary N) is 2. The third-order valence-electron chi connectivity index (χ3n) is 6.02. The number of H-pyrrole nitrogens is 1. The van der Waals surface area contributed by atoms with Crippen molar-refractivity contribution in [2.75, 3.05) is 13.1 Å². The van der Waals surface area contributed by atoms with Crippen LogP contribution in [0.15, 0.2) is 30.6 Å². The molecule has 41 heavy (non-hydrogen) atoms. The van der Waals surface area contributed by atoms with E-state index in [1.165, 1.54) is 13.0 Å². The molecule has 2 aromatic heterocycles. The average Bonchev–Trinajstić information content (AvgIpc) is 3.52. The Labute approximate surface area is 226 Å². The van der Waals surface area contributed by atoms with Crippen molar-refractivity contribution in [1.29, 1.82) is 0 Å². The van der Waals surface area contributed by atoms with Gasteiger partial charge in [-0.2, -0.15) is 31.4 Å². The lowest BCUT2D eigenvalue weighted by Crippen LogP contribution is -2.52. The molecule has 1 aliphatic heterocycles. The quantitative estimate of drug-likeness (QED) is 0.305. The molecule has 0 radical (unpaired) electrons. The summed E-state index contributed by atoms with van der Waals surface area (Å²) in [6, 6.07) is 5.03. The molecule has 0 aromatic carbocycles. The second kappa shape index (κ2) is 12.8. The van der Waals surface area contributed by atoms with E-state index in [0.29, 0.717) is 24.3 Å². The number of rotatable bonds is 4. The minimum atomic E-state index is -5.08. The molecule has 2 fully saturated rings. The predicted octanol–water partition coefficient (Wildman–Crippen LogP) is 2.70. The van der Waals surface area contributed by atoms with Crippen LogP contribution in [0.4, 0.5) is 26.3 Å². The number of halogens is 6. The summed E-state index contributed by atoms with van der Waals surface area (Å²) in [5.74, 6) is -5.90. The van der Waals surface area contributed by atoms with Gasteiger partial charge < -0.3 is 20.4 Å². The number of nitrogens with zero attached hydrogens (tertiary/aromatic N) is 3. The van der Waals surface area contributed by atoms with E-state index in [-0.39, 0.29) is 34.7 Å². The normalized spacial score (nSPS) is 19.6. The SMILES string of the molecule is CC(=O)c1cc(C(=O)N2CCC3(CC(NC(=O)c4ccncc4)C3)C2)[nH]n1.O=C(O)C(F)(F)F.O=C(O)C(F)(F)F. The number of carbonyl (C=O) groups excluding carboxylic acids is 3. The van der Waals surface area contributed by atoms with Crippen molar-refractivity contribution in [3.8, 4) is 0 Å². The first-order chi connectivity index (χ1) is 18.8. The van der Waals surface area contributed by atoms with Crippen LogP contribution in [0, 0.1) is 5.41 Å². The van der Waals surface area contributed by atoms with Crippen LogP contribution >= 0.6 is 0 Å². The lowest BCUT2D eigenvalue weighted by Gasteiger charge is -2.45. The van der Waals surface area contributed by atoms with Gasteiger partial charge >= 0.3 is 24.3 Å². The molecule has 4 rings (SSSR count). The maximum Gasteiger partial charge on any atom is 0.490 e. The van der Waals surface area contributed by atoms with Crippen LogP contribution < -0.4 is 5.32 Å². The molecular formula is C23H23F6N5O7. The van der Waals surface area contributed by atoms with Gasteiger partial charge in [0, 0.05) is 44.0 Å². The molecule has 0 bridgehead atoms. The van der Waals surface area contributed by atoms with Crippen molar-refractivity contribution in [1.82, 2.24) is 25.4 Å². The first kappa shape index (κ1) is 32.7. The molecule has 1 spiro atoms. The van der Waals surface area contributed by atoms with Gasteiger partial charge in [0.15, 0.2) is 5.78 Å². The molecule has 18 heteroatoms. The molecule has 1 saturated heterocycles. The fourth-order valence-corrected chi connectivity index (χ4v) is 4.08. The third kappa shape index (κ3) is 9.28. The summed E-state index contributed by atoms with van der Waals surface area (Å²) in [6.45, 7) is 2.77. The van der Waals surface area contributed by atoms with Crippen LogP contribution in [0.5, 0.6) is 0 Å². The van der Waals surface area contributed by atoms with E-state index < -0.39 is 24.3 Å². The van der Waals surface area contributed by atoms with E-state index >= 15 is 0 Å². The molecule has 2 aliphatic rings. The lowest BCUT2D eigenvalue weighted by atomic mass is 9.65. The number of amides is 2. The fraction of sp³-hybridized carbons (Fsp3) is 0.435. The summed E-state index contributed by atoms with van der Waals surface area (Å²) in [5.41, 5.74) is 1.30. The van der Waals surface area contributed by atoms with Crippen molar-refractivity contribution < 1.29 is 60.5 Å². The van der Waals surface area contributed by atoms with Gasteiger partial charge in [-0.05, 0) is 42.9 Å². The second-order valence-corrected chi connectivity index (χ2v) is 9.12. The molecule has 2 amide bonds. The van der Waals surface area contributed by atoms with Gasteiger partial charge in [0.2, 0.25) is 0 Å². The van der Waals surface area contributed by atoms with Crippen LogP contribution in [0.2, 0.25) is 0 Å². The van der Waals surface area contributed by atoms with Gasteiger partial charge in [0.1, 0.15) is 11.4 Å². The number of likely N-dealkylation sites (tertiary alicyclic amines) is 1. The number of carbonyl (C=O) groups is 5. The number of carboxylic acid groups (broad SMARTS) is 2. The minimum Gasteiger partial charge on any atom is -0.475 e. The van der Waals surface area contributed by atoms with E-state index in [0.717, 1.165) is 19.3 Å². The molecule has 1 aliphatic carbocycles. The van der Waals surface area contributed by atoms with Crippen LogP contribution in [-0.2, 0) is 9.59 Å². The first-order valence-electron chi connectivity index (χ1n) is 11.5. The average molecular weight is 595 g/mol. The zero-order valence-corrected chi connectivity index (χ0v) is 21.0. The minimum absolute atomic E-state index is 0.0786. The van der Waals surface area contributed by atoms with Gasteiger partial charge in [-0.3, -0.25) is 24.5 Å². The maximum atomic E-state index is 12.6. The number of carboxylic acids is 2. The first-order valence-corrected chi connectivity index (χ1v) is 11.5. The summed E-state index contributed by atoms with van der Waals surface area (Å²) >= 11 is 0. The lowest BCUT2D eigenvalue weighted by molar-refractivity contribution is -0.193. The highest BCUT2D eigenvalue weighted by atomic mass is 19.4. The van der Waals surface area contributed by atoms with Crippen molar-refractivity contribution in [2.24, 2.45) is 5.41 Å². The van der Waals surface area contributed by atoms with E-state index in [9.17, 15) is 40.7 Å². The van der Waals surface area contributed by atoms with Gasteiger partial charge in [0.25, 0.3) is 11.8 Å². The molecule has 0 atom stereocenters. The number of pyridine rings is 1. The molecule has 4 N–H and O–H groups in total. The van der Waals surface area contributed by atoms with Crippen LogP contribution in [0.3, 0.4) is 0 Å². The fourth-order valence-electron chi connectivity index (χ4n) is 4.08. The van der Waals surface area contributed by atoms with Gasteiger partial charge in [-0.1, -0.05) is 0 Å². The number of hydrogen-bond donors (Lipinski definition) is 4. The number of aromatic amines is 1. The number of ketones is 1. The van der Waals surface area contributed by atoms with Crippen LogP contribution in [0.25, 0.3) is 0 Å². The predicted molar refractivity (Wildman–Crippen MR) is 124 cm³/mol. The summed E-state index contributed by atoms with van der Waals surface area (Å²) in [7, 11) is 0. The summed E-state index contributed by atoms with van der Waals surface area (Å²) in [6.07, 6.45) is -4.30. The number of hydrogen-bond acceptors (Lipinski definition) is 7. The van der Waals surface area contributed by atoms with Crippen molar-refractivity contribution >= 4 is 29.5 Å². The Balaban J connectivity index is 0.000000349. The Bertz CT molecular complexity index is 1250. The van der Waals surface area contributed by atoms with Gasteiger partial charge in [-0.25, -0.2) is 9.59 Å². The van der Waals surface area contributed by atoms with Gasteiger partial charge in [0.05, 0.1) is 0 Å². The number of aromatic nitrogens is 3. The zero-order valence-electron chi connectivity index (χ0n) is 21.0. The Kier molecular flexibility index (Phi) is 10.2. The van der Waals surface area contributed by atoms with E-state index in [1.54, 1.807) is 29.4 Å². The van der Waals surface area contributed by atoms with Crippen LogP contribution in [-0.4, -0.2) is 91.3 Å². The zero-order chi connectivity index (χ0) is 31.2. The smallest absolute Gasteiger partial charge is 0.475 e. The van der Waals surface area contributed by atoms with Crippen molar-refractivity contribution in [3.05, 3.63) is 47.5 Å². The summed E-state index contributed by atoms with van der Waals surface area (Å²) < 4.78 is 63.5. The molecule has 1 saturated carbocycles. The molecule has 3 heterocycles. The topological polar surface area (TPSA) is 183 Å². The van der Waals surface area contributed by atoms with Crippen LogP contribution in [0.1, 0.15) is 57.5 Å². The molecule has 0 unspecified atom stereocenters. The standard InChI is InChI=1S/C19H21N5O3.2C2HF3O2/c1-12(25)15-8-16(23-22-15)18(27)24-7-4-19(11-24)9-14(10-19)21-17(26)13-2-5-20-6-3-13;2*3-2(4,5)1(6)7/h2-3,5-6,8,14H,4,7,9-11H2,1H3,(H,21,26)(H,22,23);2*(H,6,7). The monoisotopic (exact) mass is 595 g/mol. The van der Waals surface area contributed by atoms with Gasteiger partial charge in [-0.15, -0.1) is 0 Å². The Morgan fingerprint density at radius 1 is 1.00 bits per heavy atom. The van der Waals surface area contributed by atoms with Crippen molar-refractivity contribution in [3.63, 3.8) is 0 Å². The highest BCUT2D eigenvalue weighted by molar-refractivity contribution is 5.97. The van der Waals surface area contributed by atoms with E-state index in [4.69, 9.17) is 19.8 Å². The molecule has 12 nitrogen and oxygen atoms in total. The largest absolute Gasteiger partial charge is 0.490 e. The molecular weight excluding hydrogens is 572 g/mol. The highest BCUT2D eigenvalue weighted by Crippen LogP contribution is 2.48. The van der Waals surface area contributed by atoms with E-state index in [1.807, 2.05) is 0 Å². The van der Waals surface area contributed by atoms with Crippen molar-refractivity contribution in [2.45, 2.75) is 44.6 Å². The second-order valence-electron chi connectivity index (χ2n) is 9.12. The number of Topliss-reactive ketones (excluding diaryl/α,β-unsaturated/α-hetero) is 1. The molecule has 224 valence electrons. The Hall–Kier alpha value is -4.51. The molecule has 2 aromatic rings. The highest BCUT2D eigenvalue weighted by Gasteiger charge is 2.50. The maximum absolute atomic E-state index is 12.6. The third-order valence-corrected chi connectivity index (χ3v) is 6.02.